The van der Waals surface area contributed by atoms with Crippen molar-refractivity contribution in [1.82, 2.24) is 0 Å². The van der Waals surface area contributed by atoms with Crippen LogP contribution in [0.15, 0.2) is 42.5 Å². The SMILES string of the molecule is C=C1CC(c2ccccc2)CC1C(=O)OC. The molecule has 0 amide bonds. The van der Waals surface area contributed by atoms with Gasteiger partial charge in [-0.25, -0.2) is 0 Å². The first kappa shape index (κ1) is 10.9. The molecule has 16 heavy (non-hydrogen) atoms. The third-order valence-corrected chi connectivity index (χ3v) is 3.28. The summed E-state index contributed by atoms with van der Waals surface area (Å²) in [6.45, 7) is 3.98. The fraction of sp³-hybridized carbons (Fsp3) is 0.357. The normalized spacial score (nSPS) is 24.4. The Kier molecular flexibility index (Phi) is 3.09. The molecule has 1 aromatic rings. The molecule has 0 bridgehead atoms. The van der Waals surface area contributed by atoms with Gasteiger partial charge in [-0.05, 0) is 24.3 Å². The quantitative estimate of drug-likeness (QED) is 0.561. The van der Waals surface area contributed by atoms with Gasteiger partial charge in [-0.15, -0.1) is 0 Å². The van der Waals surface area contributed by atoms with Gasteiger partial charge in [0, 0.05) is 0 Å². The third kappa shape index (κ3) is 2.01. The Bertz CT molecular complexity index is 394. The van der Waals surface area contributed by atoms with E-state index < -0.39 is 0 Å². The number of benzene rings is 1. The molecule has 2 rings (SSSR count). The number of rotatable bonds is 2. The van der Waals surface area contributed by atoms with Gasteiger partial charge in [0.1, 0.15) is 0 Å². The number of methoxy groups -OCH3 is 1. The summed E-state index contributed by atoms with van der Waals surface area (Å²) in [5.74, 6) is 0.149. The molecule has 2 unspecified atom stereocenters. The van der Waals surface area contributed by atoms with Gasteiger partial charge < -0.3 is 4.74 Å². The van der Waals surface area contributed by atoms with Crippen LogP contribution in [0.3, 0.4) is 0 Å². The number of hydrogen-bond donors (Lipinski definition) is 0. The Balaban J connectivity index is 2.13. The summed E-state index contributed by atoms with van der Waals surface area (Å²) >= 11 is 0. The van der Waals surface area contributed by atoms with Crippen molar-refractivity contribution in [1.29, 1.82) is 0 Å². The highest BCUT2D eigenvalue weighted by molar-refractivity contribution is 5.76. The summed E-state index contributed by atoms with van der Waals surface area (Å²) < 4.78 is 4.79. The summed E-state index contributed by atoms with van der Waals surface area (Å²) in [7, 11) is 1.44. The highest BCUT2D eigenvalue weighted by atomic mass is 16.5. The lowest BCUT2D eigenvalue weighted by Gasteiger charge is -2.09. The molecule has 0 N–H and O–H groups in total. The number of carbonyl (C=O) groups excluding carboxylic acids is 1. The van der Waals surface area contributed by atoms with Crippen LogP contribution in [0.25, 0.3) is 0 Å². The monoisotopic (exact) mass is 216 g/mol. The van der Waals surface area contributed by atoms with Crippen LogP contribution in [0.2, 0.25) is 0 Å². The van der Waals surface area contributed by atoms with Gasteiger partial charge in [0.15, 0.2) is 0 Å². The number of esters is 1. The van der Waals surface area contributed by atoms with E-state index in [-0.39, 0.29) is 11.9 Å². The smallest absolute Gasteiger partial charge is 0.312 e. The van der Waals surface area contributed by atoms with Crippen molar-refractivity contribution in [2.24, 2.45) is 5.92 Å². The first-order valence-corrected chi connectivity index (χ1v) is 5.53. The molecule has 84 valence electrons. The first-order chi connectivity index (χ1) is 7.72. The highest BCUT2D eigenvalue weighted by Gasteiger charge is 2.34. The maximum atomic E-state index is 11.5. The molecular weight excluding hydrogens is 200 g/mol. The maximum absolute atomic E-state index is 11.5. The van der Waals surface area contributed by atoms with Crippen LogP contribution in [0.4, 0.5) is 0 Å². The van der Waals surface area contributed by atoms with E-state index in [1.54, 1.807) is 0 Å². The van der Waals surface area contributed by atoms with E-state index in [9.17, 15) is 4.79 Å². The van der Waals surface area contributed by atoms with Gasteiger partial charge in [-0.2, -0.15) is 0 Å². The Morgan fingerprint density at radius 2 is 2.06 bits per heavy atom. The van der Waals surface area contributed by atoms with E-state index in [4.69, 9.17) is 4.74 Å². The zero-order valence-corrected chi connectivity index (χ0v) is 9.48. The van der Waals surface area contributed by atoms with E-state index in [0.29, 0.717) is 5.92 Å². The van der Waals surface area contributed by atoms with Crippen molar-refractivity contribution < 1.29 is 9.53 Å². The zero-order valence-electron chi connectivity index (χ0n) is 9.48. The molecule has 0 radical (unpaired) electrons. The van der Waals surface area contributed by atoms with Crippen LogP contribution in [-0.4, -0.2) is 13.1 Å². The second-order valence-electron chi connectivity index (χ2n) is 4.28. The second kappa shape index (κ2) is 4.52. The molecule has 0 aliphatic heterocycles. The number of ether oxygens (including phenoxy) is 1. The van der Waals surface area contributed by atoms with Gasteiger partial charge in [-0.1, -0.05) is 42.5 Å². The minimum absolute atomic E-state index is 0.116. The Labute approximate surface area is 95.9 Å². The molecule has 1 fully saturated rings. The molecule has 0 aromatic heterocycles. The average Bonchev–Trinajstić information content (AvgIpc) is 2.71. The Morgan fingerprint density at radius 1 is 1.38 bits per heavy atom. The second-order valence-corrected chi connectivity index (χ2v) is 4.28. The minimum atomic E-state index is -0.150. The van der Waals surface area contributed by atoms with Crippen LogP contribution in [0, 0.1) is 5.92 Å². The topological polar surface area (TPSA) is 26.3 Å². The van der Waals surface area contributed by atoms with Crippen molar-refractivity contribution >= 4 is 5.97 Å². The largest absolute Gasteiger partial charge is 0.469 e. The lowest BCUT2D eigenvalue weighted by Crippen LogP contribution is -2.14. The average molecular weight is 216 g/mol. The van der Waals surface area contributed by atoms with Crippen molar-refractivity contribution in [3.05, 3.63) is 48.0 Å². The maximum Gasteiger partial charge on any atom is 0.312 e. The summed E-state index contributed by atoms with van der Waals surface area (Å²) in [6.07, 6.45) is 1.72. The molecule has 1 aliphatic carbocycles. The third-order valence-electron chi connectivity index (χ3n) is 3.28. The van der Waals surface area contributed by atoms with Gasteiger partial charge in [0.05, 0.1) is 13.0 Å². The van der Waals surface area contributed by atoms with Crippen molar-refractivity contribution in [2.75, 3.05) is 7.11 Å². The van der Waals surface area contributed by atoms with E-state index in [2.05, 4.69) is 18.7 Å². The molecule has 2 atom stereocenters. The summed E-state index contributed by atoms with van der Waals surface area (Å²) in [6, 6.07) is 10.3. The predicted octanol–water partition coefficient (Wildman–Crippen LogP) is 2.91. The van der Waals surface area contributed by atoms with Crippen LogP contribution in [-0.2, 0) is 9.53 Å². The minimum Gasteiger partial charge on any atom is -0.469 e. The molecule has 1 aliphatic rings. The summed E-state index contributed by atoms with van der Waals surface area (Å²) in [5, 5.41) is 0. The molecule has 0 spiro atoms. The lowest BCUT2D eigenvalue weighted by molar-refractivity contribution is -0.143. The molecular formula is C14H16O2. The van der Waals surface area contributed by atoms with E-state index in [0.717, 1.165) is 18.4 Å². The summed E-state index contributed by atoms with van der Waals surface area (Å²) in [5.41, 5.74) is 2.29. The molecule has 0 saturated heterocycles. The fourth-order valence-electron chi connectivity index (χ4n) is 2.38. The van der Waals surface area contributed by atoms with Crippen molar-refractivity contribution in [2.45, 2.75) is 18.8 Å². The molecule has 0 heterocycles. The van der Waals surface area contributed by atoms with Gasteiger partial charge in [0.25, 0.3) is 0 Å². The molecule has 2 nitrogen and oxygen atoms in total. The van der Waals surface area contributed by atoms with Crippen LogP contribution >= 0.6 is 0 Å². The van der Waals surface area contributed by atoms with Gasteiger partial charge >= 0.3 is 5.97 Å². The first-order valence-electron chi connectivity index (χ1n) is 5.53. The molecule has 1 aromatic carbocycles. The fourth-order valence-corrected chi connectivity index (χ4v) is 2.38. The zero-order chi connectivity index (χ0) is 11.5. The van der Waals surface area contributed by atoms with Crippen molar-refractivity contribution in [3.8, 4) is 0 Å². The van der Waals surface area contributed by atoms with Crippen LogP contribution in [0.1, 0.15) is 24.3 Å². The number of carbonyl (C=O) groups is 1. The summed E-state index contributed by atoms with van der Waals surface area (Å²) in [4.78, 5) is 11.5. The highest BCUT2D eigenvalue weighted by Crippen LogP contribution is 2.41. The van der Waals surface area contributed by atoms with Crippen molar-refractivity contribution in [3.63, 3.8) is 0 Å². The number of hydrogen-bond acceptors (Lipinski definition) is 2. The van der Waals surface area contributed by atoms with Crippen LogP contribution < -0.4 is 0 Å². The lowest BCUT2D eigenvalue weighted by atomic mass is 9.96. The van der Waals surface area contributed by atoms with Gasteiger partial charge in [0.2, 0.25) is 0 Å². The Hall–Kier alpha value is -1.57. The standard InChI is InChI=1S/C14H16O2/c1-10-8-12(9-13(10)14(15)16-2)11-6-4-3-5-7-11/h3-7,12-13H,1,8-9H2,2H3. The van der Waals surface area contributed by atoms with Crippen LogP contribution in [0.5, 0.6) is 0 Å². The molecule has 2 heteroatoms. The van der Waals surface area contributed by atoms with E-state index >= 15 is 0 Å². The van der Waals surface area contributed by atoms with E-state index in [1.165, 1.54) is 12.7 Å². The Morgan fingerprint density at radius 3 is 2.69 bits per heavy atom. The molecule has 1 saturated carbocycles. The van der Waals surface area contributed by atoms with E-state index in [1.807, 2.05) is 18.2 Å². The van der Waals surface area contributed by atoms with Gasteiger partial charge in [-0.3, -0.25) is 4.79 Å². The predicted molar refractivity (Wildman–Crippen MR) is 63.1 cm³/mol.